The quantitative estimate of drug-likeness (QED) is 0.321. The number of fused-ring (bicyclic) bond motifs is 1. The second kappa shape index (κ2) is 10.8. The van der Waals surface area contributed by atoms with E-state index < -0.39 is 26.0 Å². The molecule has 0 aliphatic carbocycles. The number of benzene rings is 3. The van der Waals surface area contributed by atoms with Gasteiger partial charge >= 0.3 is 0 Å². The monoisotopic (exact) mass is 583 g/mol. The molecule has 5 rings (SSSR count). The Kier molecular flexibility index (Phi) is 7.49. The second-order valence-corrected chi connectivity index (χ2v) is 13.5. The maximum Gasteiger partial charge on any atom is 0.263 e. The summed E-state index contributed by atoms with van der Waals surface area (Å²) in [5.41, 5.74) is 2.79. The minimum atomic E-state index is -3.87. The fraction of sp³-hybridized carbons (Fsp3) is 0.192. The fourth-order valence-electron chi connectivity index (χ4n) is 4.13. The van der Waals surface area contributed by atoms with E-state index in [-0.39, 0.29) is 20.5 Å². The molecule has 0 atom stereocenters. The summed E-state index contributed by atoms with van der Waals surface area (Å²) in [6, 6.07) is 19.2. The van der Waals surface area contributed by atoms with Gasteiger partial charge in [-0.05, 0) is 72.5 Å². The molecule has 1 aromatic heterocycles. The number of aryl methyl sites for hydroxylation is 1. The van der Waals surface area contributed by atoms with Crippen LogP contribution in [0.25, 0.3) is 0 Å². The third-order valence-corrected chi connectivity index (χ3v) is 10.6. The number of nitrogens with one attached hydrogen (secondary N) is 2. The predicted octanol–water partition coefficient (Wildman–Crippen LogP) is 3.90. The Balaban J connectivity index is 1.23. The number of sulfonamides is 2. The lowest BCUT2D eigenvalue weighted by molar-refractivity contribution is 0.102. The van der Waals surface area contributed by atoms with E-state index >= 15 is 0 Å². The molecule has 0 saturated heterocycles. The molecule has 3 aromatic carbocycles. The first-order valence-electron chi connectivity index (χ1n) is 12.1. The number of nitrogens with zero attached hydrogens (tertiary/aromatic N) is 3. The van der Waals surface area contributed by atoms with Crippen LogP contribution in [0.2, 0.25) is 0 Å². The van der Waals surface area contributed by atoms with Crippen molar-refractivity contribution in [1.29, 1.82) is 0 Å². The lowest BCUT2D eigenvalue weighted by Gasteiger charge is -2.28. The maximum absolute atomic E-state index is 13.2. The first-order valence-corrected chi connectivity index (χ1v) is 15.8. The van der Waals surface area contributed by atoms with Crippen LogP contribution in [0, 0.1) is 0 Å². The van der Waals surface area contributed by atoms with E-state index in [2.05, 4.69) is 20.2 Å². The summed E-state index contributed by atoms with van der Waals surface area (Å²) in [6.07, 6.45) is 1.30. The number of amides is 1. The molecule has 0 bridgehead atoms. The second-order valence-electron chi connectivity index (χ2n) is 8.82. The van der Waals surface area contributed by atoms with Gasteiger partial charge in [-0.3, -0.25) is 9.52 Å². The maximum atomic E-state index is 13.2. The Labute approximate surface area is 230 Å². The molecule has 2 N–H and O–H groups in total. The number of carbonyl (C=O) groups is 1. The van der Waals surface area contributed by atoms with E-state index in [4.69, 9.17) is 0 Å². The van der Waals surface area contributed by atoms with Gasteiger partial charge in [0.2, 0.25) is 15.2 Å². The SMILES string of the molecule is CCc1nnc(NS(=O)(=O)c2ccc(NC(=O)c3ccc(S(=O)(=O)N4CCc5ccccc5C4)cc3)cc2)s1. The van der Waals surface area contributed by atoms with Crippen molar-refractivity contribution >= 4 is 48.1 Å². The summed E-state index contributed by atoms with van der Waals surface area (Å²) < 4.78 is 55.5. The molecule has 1 amide bonds. The molecule has 2 heterocycles. The highest BCUT2D eigenvalue weighted by Gasteiger charge is 2.28. The van der Waals surface area contributed by atoms with Gasteiger partial charge in [0.1, 0.15) is 5.01 Å². The van der Waals surface area contributed by atoms with Crippen molar-refractivity contribution in [1.82, 2.24) is 14.5 Å². The zero-order chi connectivity index (χ0) is 27.6. The van der Waals surface area contributed by atoms with Gasteiger partial charge in [-0.15, -0.1) is 10.2 Å². The van der Waals surface area contributed by atoms with E-state index in [1.165, 1.54) is 52.8 Å². The van der Waals surface area contributed by atoms with Crippen molar-refractivity contribution in [3.63, 3.8) is 0 Å². The van der Waals surface area contributed by atoms with Gasteiger partial charge < -0.3 is 5.32 Å². The van der Waals surface area contributed by atoms with Gasteiger partial charge in [0, 0.05) is 24.3 Å². The molecule has 0 spiro atoms. The lowest BCUT2D eigenvalue weighted by Crippen LogP contribution is -2.35. The van der Waals surface area contributed by atoms with Crippen molar-refractivity contribution in [3.05, 3.63) is 94.5 Å². The Hall–Kier alpha value is -3.65. The van der Waals surface area contributed by atoms with Crippen molar-refractivity contribution < 1.29 is 21.6 Å². The third-order valence-electron chi connectivity index (χ3n) is 6.26. The van der Waals surface area contributed by atoms with Crippen LogP contribution in [0.1, 0.15) is 33.4 Å². The summed E-state index contributed by atoms with van der Waals surface area (Å²) in [4.78, 5) is 12.9. The predicted molar refractivity (Wildman–Crippen MR) is 149 cm³/mol. The number of aromatic nitrogens is 2. The molecule has 0 saturated carbocycles. The molecule has 202 valence electrons. The molecule has 0 unspecified atom stereocenters. The average Bonchev–Trinajstić information content (AvgIpc) is 3.40. The highest BCUT2D eigenvalue weighted by molar-refractivity contribution is 7.93. The number of anilines is 2. The van der Waals surface area contributed by atoms with Crippen LogP contribution >= 0.6 is 11.3 Å². The van der Waals surface area contributed by atoms with Crippen LogP contribution in [0.15, 0.2) is 82.6 Å². The van der Waals surface area contributed by atoms with Crippen LogP contribution in [0.4, 0.5) is 10.8 Å². The molecular weight excluding hydrogens is 559 g/mol. The van der Waals surface area contributed by atoms with Crippen LogP contribution in [-0.2, 0) is 39.4 Å². The molecule has 13 heteroatoms. The zero-order valence-corrected chi connectivity index (χ0v) is 23.3. The highest BCUT2D eigenvalue weighted by atomic mass is 32.2. The molecule has 1 aliphatic rings. The van der Waals surface area contributed by atoms with Gasteiger partial charge in [-0.2, -0.15) is 4.31 Å². The summed E-state index contributed by atoms with van der Waals surface area (Å²) in [6.45, 7) is 2.60. The van der Waals surface area contributed by atoms with Gasteiger partial charge in [-0.25, -0.2) is 16.8 Å². The lowest BCUT2D eigenvalue weighted by atomic mass is 10.0. The van der Waals surface area contributed by atoms with E-state index in [9.17, 15) is 21.6 Å². The average molecular weight is 584 g/mol. The largest absolute Gasteiger partial charge is 0.322 e. The number of carbonyl (C=O) groups excluding carboxylic acids is 1. The normalized spacial score (nSPS) is 14.0. The Morgan fingerprint density at radius 3 is 2.23 bits per heavy atom. The van der Waals surface area contributed by atoms with Gasteiger partial charge in [0.25, 0.3) is 15.9 Å². The van der Waals surface area contributed by atoms with Crippen molar-refractivity contribution in [2.24, 2.45) is 0 Å². The van der Waals surface area contributed by atoms with Crippen molar-refractivity contribution in [3.8, 4) is 0 Å². The molecule has 4 aromatic rings. The number of hydrogen-bond acceptors (Lipinski definition) is 8. The minimum Gasteiger partial charge on any atom is -0.322 e. The van der Waals surface area contributed by atoms with Crippen LogP contribution < -0.4 is 10.0 Å². The summed E-state index contributed by atoms with van der Waals surface area (Å²) in [5.74, 6) is -0.458. The van der Waals surface area contributed by atoms with Crippen LogP contribution in [-0.4, -0.2) is 43.8 Å². The smallest absolute Gasteiger partial charge is 0.263 e. The molecular formula is C26H25N5O5S3. The summed E-state index contributed by atoms with van der Waals surface area (Å²) >= 11 is 1.16. The van der Waals surface area contributed by atoms with Gasteiger partial charge in [0.05, 0.1) is 9.79 Å². The Morgan fingerprint density at radius 2 is 1.56 bits per heavy atom. The standard InChI is InChI=1S/C26H25N5O5S3/c1-2-24-28-29-26(37-24)30-38(33,34)22-13-9-21(10-14-22)27-25(32)19-7-11-23(12-8-19)39(35,36)31-16-15-18-5-3-4-6-20(18)17-31/h3-14H,2,15-17H2,1H3,(H,27,32)(H,29,30). The Bertz CT molecular complexity index is 1720. The molecule has 39 heavy (non-hydrogen) atoms. The number of rotatable bonds is 8. The number of hydrogen-bond donors (Lipinski definition) is 2. The third kappa shape index (κ3) is 5.86. The minimum absolute atomic E-state index is 0.00337. The highest BCUT2D eigenvalue weighted by Crippen LogP contribution is 2.26. The van der Waals surface area contributed by atoms with Crippen LogP contribution in [0.3, 0.4) is 0 Å². The van der Waals surface area contributed by atoms with Crippen molar-refractivity contribution in [2.75, 3.05) is 16.6 Å². The van der Waals surface area contributed by atoms with E-state index in [1.807, 2.05) is 31.2 Å². The first kappa shape index (κ1) is 26.9. The molecule has 0 radical (unpaired) electrons. The van der Waals surface area contributed by atoms with E-state index in [0.717, 1.165) is 22.5 Å². The van der Waals surface area contributed by atoms with Gasteiger partial charge in [-0.1, -0.05) is 42.5 Å². The topological polar surface area (TPSA) is 138 Å². The van der Waals surface area contributed by atoms with Crippen molar-refractivity contribution in [2.45, 2.75) is 36.1 Å². The van der Waals surface area contributed by atoms with Crippen LogP contribution in [0.5, 0.6) is 0 Å². The van der Waals surface area contributed by atoms with E-state index in [0.29, 0.717) is 36.6 Å². The molecule has 10 nitrogen and oxygen atoms in total. The summed E-state index contributed by atoms with van der Waals surface area (Å²) in [5, 5.41) is 11.3. The van der Waals surface area contributed by atoms with Gasteiger partial charge in [0.15, 0.2) is 0 Å². The zero-order valence-electron chi connectivity index (χ0n) is 20.9. The van der Waals surface area contributed by atoms with E-state index in [1.54, 1.807) is 0 Å². The Morgan fingerprint density at radius 1 is 0.897 bits per heavy atom. The first-order chi connectivity index (χ1) is 18.7. The molecule has 1 aliphatic heterocycles. The summed E-state index contributed by atoms with van der Waals surface area (Å²) in [7, 11) is -7.58. The fourth-order valence-corrected chi connectivity index (χ4v) is 7.46. The molecule has 0 fully saturated rings.